The van der Waals surface area contributed by atoms with E-state index in [1.807, 2.05) is 25.3 Å². The Labute approximate surface area is 160 Å². The van der Waals surface area contributed by atoms with Crippen molar-refractivity contribution in [3.63, 3.8) is 0 Å². The Morgan fingerprint density at radius 2 is 2.21 bits per heavy atom. The highest BCUT2D eigenvalue weighted by Gasteiger charge is 2.18. The molecule has 0 unspecified atom stereocenters. The molecule has 0 atom stereocenters. The van der Waals surface area contributed by atoms with Crippen molar-refractivity contribution in [3.8, 4) is 11.6 Å². The van der Waals surface area contributed by atoms with Crippen LogP contribution in [0.15, 0.2) is 45.7 Å². The van der Waals surface area contributed by atoms with E-state index in [4.69, 9.17) is 14.7 Å². The third-order valence-corrected chi connectivity index (χ3v) is 4.77. The van der Waals surface area contributed by atoms with Crippen molar-refractivity contribution in [2.45, 2.75) is 19.9 Å². The Hall–Kier alpha value is -3.46. The van der Waals surface area contributed by atoms with Crippen LogP contribution in [0.4, 0.5) is 5.82 Å². The standard InChI is InChI=1S/C19H19N7O2/c1-12-9-14(24-28-12)10-25-6-4-13(5-7-25)15-11-26-19(17(20)21-15)22-18(23-26)16-3-2-8-27-16/h2-4,8-9,11H,5-7,10H2,1H3,(H2,20,21). The maximum Gasteiger partial charge on any atom is 0.218 e. The van der Waals surface area contributed by atoms with Gasteiger partial charge in [-0.15, -0.1) is 5.10 Å². The molecule has 9 nitrogen and oxygen atoms in total. The fraction of sp³-hybridized carbons (Fsp3) is 0.263. The highest BCUT2D eigenvalue weighted by atomic mass is 16.5. The second-order valence-corrected chi connectivity index (χ2v) is 6.84. The topological polar surface area (TPSA) is 112 Å². The Morgan fingerprint density at radius 3 is 2.93 bits per heavy atom. The molecule has 0 radical (unpaired) electrons. The minimum Gasteiger partial charge on any atom is -0.461 e. The zero-order chi connectivity index (χ0) is 19.1. The number of furan rings is 1. The zero-order valence-electron chi connectivity index (χ0n) is 15.4. The molecule has 0 aliphatic carbocycles. The molecule has 5 heterocycles. The molecule has 0 saturated carbocycles. The van der Waals surface area contributed by atoms with Crippen LogP contribution >= 0.6 is 0 Å². The highest BCUT2D eigenvalue weighted by Crippen LogP contribution is 2.25. The Balaban J connectivity index is 1.38. The Kier molecular flexibility index (Phi) is 3.94. The summed E-state index contributed by atoms with van der Waals surface area (Å²) in [5.74, 6) is 2.27. The van der Waals surface area contributed by atoms with Gasteiger partial charge >= 0.3 is 0 Å². The van der Waals surface area contributed by atoms with Gasteiger partial charge in [0, 0.05) is 25.7 Å². The van der Waals surface area contributed by atoms with E-state index in [-0.39, 0.29) is 0 Å². The van der Waals surface area contributed by atoms with Crippen LogP contribution in [0.2, 0.25) is 0 Å². The summed E-state index contributed by atoms with van der Waals surface area (Å²) in [5.41, 5.74) is 9.58. The van der Waals surface area contributed by atoms with E-state index in [1.165, 1.54) is 0 Å². The van der Waals surface area contributed by atoms with Gasteiger partial charge in [-0.2, -0.15) is 0 Å². The summed E-state index contributed by atoms with van der Waals surface area (Å²) in [6.45, 7) is 4.39. The Bertz CT molecular complexity index is 1160. The number of aryl methyl sites for hydroxylation is 1. The summed E-state index contributed by atoms with van der Waals surface area (Å²) in [5, 5.41) is 8.54. The van der Waals surface area contributed by atoms with Gasteiger partial charge in [-0.3, -0.25) is 4.90 Å². The molecule has 28 heavy (non-hydrogen) atoms. The molecule has 0 saturated heterocycles. The third kappa shape index (κ3) is 3.05. The molecular formula is C19H19N7O2. The minimum atomic E-state index is 0.351. The second-order valence-electron chi connectivity index (χ2n) is 6.84. The van der Waals surface area contributed by atoms with Gasteiger partial charge in [0.15, 0.2) is 17.2 Å². The highest BCUT2D eigenvalue weighted by molar-refractivity contribution is 5.69. The molecule has 4 aromatic heterocycles. The van der Waals surface area contributed by atoms with Crippen LogP contribution in [0.3, 0.4) is 0 Å². The lowest BCUT2D eigenvalue weighted by Gasteiger charge is -2.25. The predicted molar refractivity (Wildman–Crippen MR) is 102 cm³/mol. The van der Waals surface area contributed by atoms with E-state index >= 15 is 0 Å². The van der Waals surface area contributed by atoms with Gasteiger partial charge in [0.2, 0.25) is 5.82 Å². The van der Waals surface area contributed by atoms with E-state index in [1.54, 1.807) is 16.8 Å². The lowest BCUT2D eigenvalue weighted by molar-refractivity contribution is 0.281. The Morgan fingerprint density at radius 1 is 1.29 bits per heavy atom. The van der Waals surface area contributed by atoms with Crippen molar-refractivity contribution in [2.75, 3.05) is 18.8 Å². The van der Waals surface area contributed by atoms with Crippen molar-refractivity contribution < 1.29 is 8.94 Å². The maximum atomic E-state index is 6.14. The molecule has 1 aliphatic heterocycles. The number of fused-ring (bicyclic) bond motifs is 1. The first-order valence-corrected chi connectivity index (χ1v) is 9.06. The summed E-state index contributed by atoms with van der Waals surface area (Å²) in [6, 6.07) is 5.58. The summed E-state index contributed by atoms with van der Waals surface area (Å²) in [4.78, 5) is 11.3. The molecule has 9 heteroatoms. The van der Waals surface area contributed by atoms with Crippen molar-refractivity contribution in [2.24, 2.45) is 0 Å². The van der Waals surface area contributed by atoms with Gasteiger partial charge in [-0.05, 0) is 31.1 Å². The molecule has 0 spiro atoms. The minimum absolute atomic E-state index is 0.351. The molecule has 142 valence electrons. The first-order valence-electron chi connectivity index (χ1n) is 9.06. The number of aromatic nitrogens is 5. The van der Waals surface area contributed by atoms with Gasteiger partial charge in [0.1, 0.15) is 5.76 Å². The SMILES string of the molecule is Cc1cc(CN2CC=C(c3cn4nc(-c5ccco5)nc4c(N)n3)CC2)no1. The van der Waals surface area contributed by atoms with E-state index in [2.05, 4.69) is 31.2 Å². The zero-order valence-corrected chi connectivity index (χ0v) is 15.4. The molecule has 1 aliphatic rings. The van der Waals surface area contributed by atoms with Gasteiger partial charge in [0.05, 0.1) is 23.8 Å². The lowest BCUT2D eigenvalue weighted by Crippen LogP contribution is -2.28. The summed E-state index contributed by atoms with van der Waals surface area (Å²) in [6.07, 6.45) is 6.50. The van der Waals surface area contributed by atoms with Crippen molar-refractivity contribution >= 4 is 17.0 Å². The van der Waals surface area contributed by atoms with Crippen LogP contribution in [0.1, 0.15) is 23.6 Å². The molecule has 2 N–H and O–H groups in total. The van der Waals surface area contributed by atoms with E-state index < -0.39 is 0 Å². The van der Waals surface area contributed by atoms with Gasteiger partial charge in [0.25, 0.3) is 0 Å². The molecule has 4 aromatic rings. The molecule has 0 fully saturated rings. The summed E-state index contributed by atoms with van der Waals surface area (Å²) < 4.78 is 12.2. The van der Waals surface area contributed by atoms with Gasteiger partial charge in [-0.1, -0.05) is 11.2 Å². The normalized spacial score (nSPS) is 15.2. The summed E-state index contributed by atoms with van der Waals surface area (Å²) in [7, 11) is 0. The fourth-order valence-corrected chi connectivity index (χ4v) is 3.39. The van der Waals surface area contributed by atoms with E-state index in [0.717, 1.165) is 48.8 Å². The maximum absolute atomic E-state index is 6.14. The predicted octanol–water partition coefficient (Wildman–Crippen LogP) is 2.55. The van der Waals surface area contributed by atoms with Crippen molar-refractivity contribution in [3.05, 3.63) is 53.9 Å². The number of nitrogens with zero attached hydrogens (tertiary/aromatic N) is 6. The lowest BCUT2D eigenvalue weighted by atomic mass is 10.1. The number of nitrogens with two attached hydrogens (primary N) is 1. The fourth-order valence-electron chi connectivity index (χ4n) is 3.39. The number of hydrogen-bond donors (Lipinski definition) is 1. The number of rotatable bonds is 4. The first kappa shape index (κ1) is 16.7. The smallest absolute Gasteiger partial charge is 0.218 e. The molecule has 0 aromatic carbocycles. The number of hydrogen-bond acceptors (Lipinski definition) is 8. The average Bonchev–Trinajstić information content (AvgIpc) is 3.42. The monoisotopic (exact) mass is 377 g/mol. The van der Waals surface area contributed by atoms with Crippen LogP contribution in [0, 0.1) is 6.92 Å². The van der Waals surface area contributed by atoms with Crippen LogP contribution in [0.25, 0.3) is 22.8 Å². The van der Waals surface area contributed by atoms with Crippen molar-refractivity contribution in [1.82, 2.24) is 29.6 Å². The molecule has 0 amide bonds. The largest absolute Gasteiger partial charge is 0.461 e. The van der Waals surface area contributed by atoms with Gasteiger partial charge < -0.3 is 14.7 Å². The first-order chi connectivity index (χ1) is 13.7. The molecular weight excluding hydrogens is 358 g/mol. The summed E-state index contributed by atoms with van der Waals surface area (Å²) >= 11 is 0. The van der Waals surface area contributed by atoms with Crippen molar-refractivity contribution in [1.29, 1.82) is 0 Å². The average molecular weight is 377 g/mol. The van der Waals surface area contributed by atoms with Gasteiger partial charge in [-0.25, -0.2) is 14.5 Å². The molecule has 0 bridgehead atoms. The quantitative estimate of drug-likeness (QED) is 0.577. The number of anilines is 1. The van der Waals surface area contributed by atoms with Crippen LogP contribution in [-0.2, 0) is 6.54 Å². The number of nitrogen functional groups attached to an aromatic ring is 1. The third-order valence-electron chi connectivity index (χ3n) is 4.77. The van der Waals surface area contributed by atoms with E-state index in [0.29, 0.717) is 23.0 Å². The van der Waals surface area contributed by atoms with E-state index in [9.17, 15) is 0 Å². The van der Waals surface area contributed by atoms with Crippen LogP contribution < -0.4 is 5.73 Å². The molecule has 5 rings (SSSR count). The van der Waals surface area contributed by atoms with Crippen LogP contribution in [0.5, 0.6) is 0 Å². The second kappa shape index (κ2) is 6.61. The van der Waals surface area contributed by atoms with Crippen LogP contribution in [-0.4, -0.2) is 42.7 Å².